The summed E-state index contributed by atoms with van der Waals surface area (Å²) in [7, 11) is 2.87. The summed E-state index contributed by atoms with van der Waals surface area (Å²) in [5.74, 6) is 0.556. The first-order valence-electron chi connectivity index (χ1n) is 5.56. The maximum Gasteiger partial charge on any atom is 0.376 e. The van der Waals surface area contributed by atoms with Gasteiger partial charge < -0.3 is 13.9 Å². The van der Waals surface area contributed by atoms with Crippen molar-refractivity contribution in [3.8, 4) is 0 Å². The first kappa shape index (κ1) is 12.1. The fourth-order valence-corrected chi connectivity index (χ4v) is 1.89. The molecule has 0 bridgehead atoms. The Bertz CT molecular complexity index is 436. The second-order valence-electron chi connectivity index (χ2n) is 5.00. The minimum Gasteiger partial charge on any atom is -0.463 e. The van der Waals surface area contributed by atoms with E-state index in [1.165, 1.54) is 7.11 Å². The van der Waals surface area contributed by atoms with Crippen LogP contribution < -0.4 is 0 Å². The number of carbonyl (C=O) groups excluding carboxylic acids is 1. The molecule has 1 heterocycles. The molecular weight excluding hydrogens is 222 g/mol. The Kier molecular flexibility index (Phi) is 2.95. The average Bonchev–Trinajstić information content (AvgIpc) is 2.74. The summed E-state index contributed by atoms with van der Waals surface area (Å²) in [6, 6.07) is 0. The van der Waals surface area contributed by atoms with Crippen LogP contribution in [0.4, 0.5) is 0 Å². The van der Waals surface area contributed by atoms with Crippen LogP contribution in [-0.4, -0.2) is 25.2 Å². The molecule has 0 amide bonds. The van der Waals surface area contributed by atoms with Crippen molar-refractivity contribution in [2.24, 2.45) is 5.41 Å². The number of ether oxygens (including phenoxy) is 2. The zero-order valence-electron chi connectivity index (χ0n) is 10.6. The Morgan fingerprint density at radius 3 is 2.65 bits per heavy atom. The maximum atomic E-state index is 11.5. The van der Waals surface area contributed by atoms with Gasteiger partial charge in [-0.25, -0.2) is 9.78 Å². The van der Waals surface area contributed by atoms with Crippen molar-refractivity contribution in [1.82, 2.24) is 4.98 Å². The molecule has 2 rings (SSSR count). The van der Waals surface area contributed by atoms with E-state index in [2.05, 4.69) is 23.6 Å². The van der Waals surface area contributed by atoms with E-state index in [1.54, 1.807) is 7.11 Å². The van der Waals surface area contributed by atoms with Crippen molar-refractivity contribution in [3.63, 3.8) is 0 Å². The summed E-state index contributed by atoms with van der Waals surface area (Å²) in [6.45, 7) is 4.55. The van der Waals surface area contributed by atoms with Gasteiger partial charge in [0.25, 0.3) is 0 Å². The van der Waals surface area contributed by atoms with Crippen molar-refractivity contribution in [3.05, 3.63) is 17.3 Å². The van der Waals surface area contributed by atoms with Gasteiger partial charge in [-0.2, -0.15) is 0 Å². The summed E-state index contributed by atoms with van der Waals surface area (Å²) < 4.78 is 15.2. The van der Waals surface area contributed by atoms with Crippen LogP contribution in [0.1, 0.15) is 48.3 Å². The van der Waals surface area contributed by atoms with Crippen LogP contribution in [-0.2, 0) is 16.1 Å². The molecule has 1 aromatic heterocycles. The fraction of sp³-hybridized carbons (Fsp3) is 0.667. The Balaban J connectivity index is 2.28. The van der Waals surface area contributed by atoms with Crippen LogP contribution >= 0.6 is 0 Å². The summed E-state index contributed by atoms with van der Waals surface area (Å²) in [5, 5.41) is 0. The molecule has 0 N–H and O–H groups in total. The molecule has 0 saturated heterocycles. The number of carbonyl (C=O) groups is 1. The van der Waals surface area contributed by atoms with Crippen molar-refractivity contribution >= 4 is 5.97 Å². The van der Waals surface area contributed by atoms with Gasteiger partial charge in [0.1, 0.15) is 5.69 Å². The molecule has 1 aliphatic rings. The van der Waals surface area contributed by atoms with E-state index in [1.807, 2.05) is 0 Å². The molecule has 5 heteroatoms. The zero-order chi connectivity index (χ0) is 12.6. The largest absolute Gasteiger partial charge is 0.463 e. The number of methoxy groups -OCH3 is 2. The lowest BCUT2D eigenvalue weighted by Gasteiger charge is -1.97. The van der Waals surface area contributed by atoms with E-state index < -0.39 is 5.97 Å². The Labute approximate surface area is 100 Å². The number of oxazole rings is 1. The van der Waals surface area contributed by atoms with Gasteiger partial charge >= 0.3 is 5.97 Å². The van der Waals surface area contributed by atoms with E-state index in [0.29, 0.717) is 11.6 Å². The van der Waals surface area contributed by atoms with Crippen molar-refractivity contribution in [2.45, 2.75) is 32.8 Å². The predicted molar refractivity (Wildman–Crippen MR) is 59.7 cm³/mol. The summed E-state index contributed by atoms with van der Waals surface area (Å²) >= 11 is 0. The number of rotatable bonds is 4. The monoisotopic (exact) mass is 239 g/mol. The first-order valence-corrected chi connectivity index (χ1v) is 5.56. The quantitative estimate of drug-likeness (QED) is 0.753. The Morgan fingerprint density at radius 1 is 1.53 bits per heavy atom. The van der Waals surface area contributed by atoms with Gasteiger partial charge in [-0.3, -0.25) is 0 Å². The van der Waals surface area contributed by atoms with Crippen LogP contribution in [0.3, 0.4) is 0 Å². The second-order valence-corrected chi connectivity index (χ2v) is 5.00. The average molecular weight is 239 g/mol. The van der Waals surface area contributed by atoms with Gasteiger partial charge in [-0.05, 0) is 11.8 Å². The smallest absolute Gasteiger partial charge is 0.376 e. The van der Waals surface area contributed by atoms with Gasteiger partial charge in [-0.1, -0.05) is 13.8 Å². The number of esters is 1. The van der Waals surface area contributed by atoms with Crippen molar-refractivity contribution < 1.29 is 18.7 Å². The van der Waals surface area contributed by atoms with Crippen LogP contribution in [0.5, 0.6) is 0 Å². The predicted octanol–water partition coefficient (Wildman–Crippen LogP) is 2.12. The van der Waals surface area contributed by atoms with E-state index in [4.69, 9.17) is 9.15 Å². The number of nitrogens with zero attached hydrogens (tertiary/aromatic N) is 1. The molecule has 0 aliphatic heterocycles. The van der Waals surface area contributed by atoms with Gasteiger partial charge in [0.05, 0.1) is 13.7 Å². The molecule has 1 atom stereocenters. The normalized spacial score (nSPS) is 21.3. The lowest BCUT2D eigenvalue weighted by atomic mass is 10.1. The SMILES string of the molecule is COCc1nc(C2CC2(C)C)oc1C(=O)OC. The molecule has 0 radical (unpaired) electrons. The minimum absolute atomic E-state index is 0.159. The van der Waals surface area contributed by atoms with E-state index in [-0.39, 0.29) is 23.7 Å². The highest BCUT2D eigenvalue weighted by Crippen LogP contribution is 2.58. The topological polar surface area (TPSA) is 61.6 Å². The minimum atomic E-state index is -0.505. The fourth-order valence-electron chi connectivity index (χ4n) is 1.89. The van der Waals surface area contributed by atoms with Gasteiger partial charge in [-0.15, -0.1) is 0 Å². The van der Waals surface area contributed by atoms with Crippen LogP contribution in [0, 0.1) is 5.41 Å². The Morgan fingerprint density at radius 2 is 2.18 bits per heavy atom. The highest BCUT2D eigenvalue weighted by Gasteiger charge is 2.50. The van der Waals surface area contributed by atoms with Gasteiger partial charge in [0.2, 0.25) is 5.76 Å². The van der Waals surface area contributed by atoms with E-state index >= 15 is 0 Å². The molecule has 0 spiro atoms. The van der Waals surface area contributed by atoms with Gasteiger partial charge in [0.15, 0.2) is 5.89 Å². The zero-order valence-corrected chi connectivity index (χ0v) is 10.6. The first-order chi connectivity index (χ1) is 7.99. The lowest BCUT2D eigenvalue weighted by Crippen LogP contribution is -2.04. The van der Waals surface area contributed by atoms with Crippen molar-refractivity contribution in [2.75, 3.05) is 14.2 Å². The van der Waals surface area contributed by atoms with Crippen molar-refractivity contribution in [1.29, 1.82) is 0 Å². The second kappa shape index (κ2) is 4.14. The van der Waals surface area contributed by atoms with Crippen LogP contribution in [0.15, 0.2) is 4.42 Å². The third-order valence-electron chi connectivity index (χ3n) is 3.18. The standard InChI is InChI=1S/C12H17NO4/c1-12(2)5-7(12)10-13-8(6-15-3)9(17-10)11(14)16-4/h7H,5-6H2,1-4H3. The molecule has 1 unspecified atom stereocenters. The third kappa shape index (κ3) is 2.20. The maximum absolute atomic E-state index is 11.5. The van der Waals surface area contributed by atoms with Crippen LogP contribution in [0.2, 0.25) is 0 Å². The molecule has 5 nitrogen and oxygen atoms in total. The molecule has 1 saturated carbocycles. The summed E-state index contributed by atoms with van der Waals surface area (Å²) in [5.41, 5.74) is 0.722. The highest BCUT2D eigenvalue weighted by atomic mass is 16.5. The molecule has 0 aromatic carbocycles. The van der Waals surface area contributed by atoms with Gasteiger partial charge in [0, 0.05) is 13.0 Å². The summed E-state index contributed by atoms with van der Waals surface area (Å²) in [6.07, 6.45) is 1.03. The number of hydrogen-bond acceptors (Lipinski definition) is 5. The van der Waals surface area contributed by atoms with Crippen LogP contribution in [0.25, 0.3) is 0 Å². The highest BCUT2D eigenvalue weighted by molar-refractivity contribution is 5.87. The molecular formula is C12H17NO4. The summed E-state index contributed by atoms with van der Waals surface area (Å²) in [4.78, 5) is 15.8. The number of aromatic nitrogens is 1. The molecule has 1 aliphatic carbocycles. The molecule has 94 valence electrons. The molecule has 1 fully saturated rings. The molecule has 17 heavy (non-hydrogen) atoms. The van der Waals surface area contributed by atoms with E-state index in [0.717, 1.165) is 6.42 Å². The Hall–Kier alpha value is -1.36. The molecule has 1 aromatic rings. The number of hydrogen-bond donors (Lipinski definition) is 0. The lowest BCUT2D eigenvalue weighted by molar-refractivity contribution is 0.0556. The third-order valence-corrected chi connectivity index (χ3v) is 3.18. The van der Waals surface area contributed by atoms with E-state index in [9.17, 15) is 4.79 Å².